The predicted molar refractivity (Wildman–Crippen MR) is 87.9 cm³/mol. The van der Waals surface area contributed by atoms with E-state index in [1.165, 1.54) is 0 Å². The normalized spacial score (nSPS) is 18.8. The number of nitrogens with one attached hydrogen (secondary N) is 1. The van der Waals surface area contributed by atoms with E-state index >= 15 is 0 Å². The number of alkyl halides is 1. The number of rotatable bonds is 6. The molecule has 1 fully saturated rings. The van der Waals surface area contributed by atoms with Crippen molar-refractivity contribution in [2.45, 2.75) is 37.6 Å². The lowest BCUT2D eigenvalue weighted by atomic mass is 10.1. The van der Waals surface area contributed by atoms with E-state index in [-0.39, 0.29) is 16.5 Å². The first-order valence-electron chi connectivity index (χ1n) is 7.40. The summed E-state index contributed by atoms with van der Waals surface area (Å²) in [5.41, 5.74) is 1.10. The summed E-state index contributed by atoms with van der Waals surface area (Å²) < 4.78 is 10.9. The van der Waals surface area contributed by atoms with Gasteiger partial charge in [0.1, 0.15) is 11.9 Å². The summed E-state index contributed by atoms with van der Waals surface area (Å²) >= 11 is 3.27. The SMILES string of the molecule is CCOc1cc(C(=O)C(C)Br)ccc1NC(=O)C1CCCO1. The Kier molecular flexibility index (Phi) is 5.97. The van der Waals surface area contributed by atoms with Crippen molar-refractivity contribution in [2.75, 3.05) is 18.5 Å². The van der Waals surface area contributed by atoms with Crippen LogP contribution in [-0.4, -0.2) is 35.8 Å². The molecule has 2 atom stereocenters. The van der Waals surface area contributed by atoms with Crippen LogP contribution >= 0.6 is 15.9 Å². The van der Waals surface area contributed by atoms with Crippen LogP contribution in [0, 0.1) is 0 Å². The van der Waals surface area contributed by atoms with E-state index < -0.39 is 6.10 Å². The lowest BCUT2D eigenvalue weighted by Gasteiger charge is -2.15. The third kappa shape index (κ3) is 4.08. The second-order valence-corrected chi connectivity index (χ2v) is 6.49. The molecule has 0 saturated carbocycles. The highest BCUT2D eigenvalue weighted by molar-refractivity contribution is 9.10. The maximum atomic E-state index is 12.1. The van der Waals surface area contributed by atoms with Crippen LogP contribution in [-0.2, 0) is 9.53 Å². The highest BCUT2D eigenvalue weighted by atomic mass is 79.9. The molecule has 1 N–H and O–H groups in total. The van der Waals surface area contributed by atoms with Crippen molar-refractivity contribution in [2.24, 2.45) is 0 Å². The van der Waals surface area contributed by atoms with E-state index in [0.29, 0.717) is 30.2 Å². The van der Waals surface area contributed by atoms with Crippen molar-refractivity contribution in [3.05, 3.63) is 23.8 Å². The number of carbonyl (C=O) groups is 2. The van der Waals surface area contributed by atoms with E-state index in [1.54, 1.807) is 25.1 Å². The molecule has 0 bridgehead atoms. The summed E-state index contributed by atoms with van der Waals surface area (Å²) in [5, 5.41) is 2.82. The summed E-state index contributed by atoms with van der Waals surface area (Å²) in [6.45, 7) is 4.69. The van der Waals surface area contributed by atoms with Crippen LogP contribution in [0.4, 0.5) is 5.69 Å². The van der Waals surface area contributed by atoms with Gasteiger partial charge >= 0.3 is 0 Å². The van der Waals surface area contributed by atoms with Gasteiger partial charge in [0.25, 0.3) is 5.91 Å². The number of ether oxygens (including phenoxy) is 2. The largest absolute Gasteiger partial charge is 0.492 e. The summed E-state index contributed by atoms with van der Waals surface area (Å²) in [6, 6.07) is 5.04. The Morgan fingerprint density at radius 2 is 2.27 bits per heavy atom. The molecule has 2 rings (SSSR count). The van der Waals surface area contributed by atoms with Gasteiger partial charge in [-0.05, 0) is 44.9 Å². The minimum absolute atomic E-state index is 0.0297. The fourth-order valence-corrected chi connectivity index (χ4v) is 2.55. The van der Waals surface area contributed by atoms with Gasteiger partial charge in [0.05, 0.1) is 17.1 Å². The van der Waals surface area contributed by atoms with Crippen molar-refractivity contribution >= 4 is 33.3 Å². The third-order valence-corrected chi connectivity index (χ3v) is 3.82. The quantitative estimate of drug-likeness (QED) is 0.617. The Labute approximate surface area is 138 Å². The first-order valence-corrected chi connectivity index (χ1v) is 8.32. The molecule has 1 aliphatic heterocycles. The van der Waals surface area contributed by atoms with Crippen LogP contribution in [0.1, 0.15) is 37.0 Å². The minimum atomic E-state index is -0.404. The standard InChI is InChI=1S/C16H20BrNO4/c1-3-21-14-9-11(15(19)10(2)17)6-7-12(14)18-16(20)13-5-4-8-22-13/h6-7,9-10,13H,3-5,8H2,1-2H3,(H,18,20). The van der Waals surface area contributed by atoms with Gasteiger partial charge in [0.2, 0.25) is 0 Å². The third-order valence-electron chi connectivity index (χ3n) is 3.41. The van der Waals surface area contributed by atoms with Crippen LogP contribution in [0.5, 0.6) is 5.75 Å². The molecule has 5 nitrogen and oxygen atoms in total. The average Bonchev–Trinajstić information content (AvgIpc) is 3.02. The first-order chi connectivity index (χ1) is 10.5. The molecule has 120 valence electrons. The van der Waals surface area contributed by atoms with Gasteiger partial charge in [-0.1, -0.05) is 15.9 Å². The molecule has 0 aromatic heterocycles. The van der Waals surface area contributed by atoms with Gasteiger partial charge < -0.3 is 14.8 Å². The number of Topliss-reactive ketones (excluding diaryl/α,β-unsaturated/α-hetero) is 1. The maximum Gasteiger partial charge on any atom is 0.253 e. The molecule has 1 aromatic carbocycles. The van der Waals surface area contributed by atoms with Gasteiger partial charge in [-0.25, -0.2) is 0 Å². The number of amides is 1. The second-order valence-electron chi connectivity index (χ2n) is 5.12. The number of carbonyl (C=O) groups excluding carboxylic acids is 2. The molecule has 6 heteroatoms. The van der Waals surface area contributed by atoms with Crippen LogP contribution in [0.2, 0.25) is 0 Å². The van der Waals surface area contributed by atoms with E-state index in [4.69, 9.17) is 9.47 Å². The molecular weight excluding hydrogens is 350 g/mol. The molecule has 2 unspecified atom stereocenters. The number of anilines is 1. The Morgan fingerprint density at radius 1 is 1.50 bits per heavy atom. The zero-order valence-corrected chi connectivity index (χ0v) is 14.3. The fraction of sp³-hybridized carbons (Fsp3) is 0.500. The summed E-state index contributed by atoms with van der Waals surface area (Å²) in [4.78, 5) is 23.9. The Balaban J connectivity index is 2.19. The first kappa shape index (κ1) is 17.0. The van der Waals surface area contributed by atoms with Crippen LogP contribution < -0.4 is 10.1 Å². The van der Waals surface area contributed by atoms with Crippen molar-refractivity contribution < 1.29 is 19.1 Å². The molecular formula is C16H20BrNO4. The number of ketones is 1. The minimum Gasteiger partial charge on any atom is -0.492 e. The Bertz CT molecular complexity index is 553. The Morgan fingerprint density at radius 3 is 2.86 bits per heavy atom. The number of halogens is 1. The molecule has 1 saturated heterocycles. The van der Waals surface area contributed by atoms with Crippen molar-refractivity contribution in [1.29, 1.82) is 0 Å². The molecule has 22 heavy (non-hydrogen) atoms. The molecule has 0 radical (unpaired) electrons. The molecule has 0 aliphatic carbocycles. The topological polar surface area (TPSA) is 64.6 Å². The lowest BCUT2D eigenvalue weighted by molar-refractivity contribution is -0.124. The van der Waals surface area contributed by atoms with Gasteiger partial charge in [0, 0.05) is 12.2 Å². The monoisotopic (exact) mass is 369 g/mol. The van der Waals surface area contributed by atoms with Crippen LogP contribution in [0.25, 0.3) is 0 Å². The number of hydrogen-bond donors (Lipinski definition) is 1. The van der Waals surface area contributed by atoms with Crippen molar-refractivity contribution in [3.8, 4) is 5.75 Å². The lowest BCUT2D eigenvalue weighted by Crippen LogP contribution is -2.27. The number of hydrogen-bond acceptors (Lipinski definition) is 4. The smallest absolute Gasteiger partial charge is 0.253 e. The van der Waals surface area contributed by atoms with Crippen molar-refractivity contribution in [1.82, 2.24) is 0 Å². The highest BCUT2D eigenvalue weighted by Crippen LogP contribution is 2.28. The van der Waals surface area contributed by atoms with E-state index in [2.05, 4.69) is 21.2 Å². The maximum absolute atomic E-state index is 12.1. The zero-order valence-electron chi connectivity index (χ0n) is 12.7. The summed E-state index contributed by atoms with van der Waals surface area (Å²) in [7, 11) is 0. The number of benzene rings is 1. The van der Waals surface area contributed by atoms with E-state index in [0.717, 1.165) is 12.8 Å². The van der Waals surface area contributed by atoms with Gasteiger partial charge in [-0.3, -0.25) is 9.59 Å². The average molecular weight is 370 g/mol. The molecule has 1 aromatic rings. The molecule has 1 heterocycles. The van der Waals surface area contributed by atoms with Crippen LogP contribution in [0.15, 0.2) is 18.2 Å². The molecule has 1 amide bonds. The Hall–Kier alpha value is -1.40. The van der Waals surface area contributed by atoms with E-state index in [9.17, 15) is 9.59 Å². The second kappa shape index (κ2) is 7.74. The summed E-state index contributed by atoms with van der Waals surface area (Å²) in [5.74, 6) is 0.289. The van der Waals surface area contributed by atoms with Gasteiger partial charge in [-0.15, -0.1) is 0 Å². The van der Waals surface area contributed by atoms with Gasteiger partial charge in [-0.2, -0.15) is 0 Å². The molecule has 1 aliphatic rings. The van der Waals surface area contributed by atoms with Crippen molar-refractivity contribution in [3.63, 3.8) is 0 Å². The summed E-state index contributed by atoms with van der Waals surface area (Å²) in [6.07, 6.45) is 1.22. The van der Waals surface area contributed by atoms with E-state index in [1.807, 2.05) is 6.92 Å². The molecule has 0 spiro atoms. The fourth-order valence-electron chi connectivity index (χ4n) is 2.28. The predicted octanol–water partition coefficient (Wildman–Crippen LogP) is 3.17. The highest BCUT2D eigenvalue weighted by Gasteiger charge is 2.24. The zero-order chi connectivity index (χ0) is 16.1. The van der Waals surface area contributed by atoms with Gasteiger partial charge in [0.15, 0.2) is 5.78 Å². The van der Waals surface area contributed by atoms with Crippen LogP contribution in [0.3, 0.4) is 0 Å².